The molecule has 8 heteroatoms. The summed E-state index contributed by atoms with van der Waals surface area (Å²) in [6.45, 7) is 1.35. The number of hydrogen-bond acceptors (Lipinski definition) is 6. The molecule has 112 valence electrons. The largest absolute Gasteiger partial charge is 0.393 e. The summed E-state index contributed by atoms with van der Waals surface area (Å²) in [6.07, 6.45) is -1.23. The van der Waals surface area contributed by atoms with E-state index in [1.807, 2.05) is 0 Å². The van der Waals surface area contributed by atoms with Crippen LogP contribution in [0.25, 0.3) is 0 Å². The molecule has 0 amide bonds. The Morgan fingerprint density at radius 1 is 1.55 bits per heavy atom. The molecule has 1 saturated heterocycles. The number of methoxy groups -OCH3 is 1. The third kappa shape index (κ3) is 2.20. The zero-order chi connectivity index (χ0) is 14.9. The normalized spacial score (nSPS) is 33.5. The standard InChI is InChI=1S/C12H18N2O6/c1-3-12(6-15)9(17)8(19-2)10(20-12)14-5-4-7(16)13-11(14)18/h4-5,8-10,15,17H,3,6H2,1-2H3,(H,13,16,18)/t8?,9-,10-,12+/m1/s1. The van der Waals surface area contributed by atoms with Crippen molar-refractivity contribution in [1.29, 1.82) is 0 Å². The minimum atomic E-state index is -1.19. The third-order valence-electron chi connectivity index (χ3n) is 3.75. The second-order valence-electron chi connectivity index (χ2n) is 4.75. The minimum absolute atomic E-state index is 0.346. The molecule has 3 N–H and O–H groups in total. The van der Waals surface area contributed by atoms with E-state index >= 15 is 0 Å². The Kier molecular flexibility index (Phi) is 4.09. The first-order valence-corrected chi connectivity index (χ1v) is 6.30. The second kappa shape index (κ2) is 5.49. The first-order chi connectivity index (χ1) is 9.49. The van der Waals surface area contributed by atoms with Crippen molar-refractivity contribution in [2.45, 2.75) is 37.4 Å². The number of aliphatic hydroxyl groups is 2. The number of hydrogen-bond donors (Lipinski definition) is 3. The highest BCUT2D eigenvalue weighted by Crippen LogP contribution is 2.39. The van der Waals surface area contributed by atoms with Gasteiger partial charge >= 0.3 is 5.69 Å². The van der Waals surface area contributed by atoms with Gasteiger partial charge in [-0.1, -0.05) is 6.92 Å². The van der Waals surface area contributed by atoms with Gasteiger partial charge in [0.25, 0.3) is 5.56 Å². The van der Waals surface area contributed by atoms with E-state index in [4.69, 9.17) is 9.47 Å². The van der Waals surface area contributed by atoms with E-state index in [1.165, 1.54) is 19.4 Å². The van der Waals surface area contributed by atoms with Gasteiger partial charge in [0.1, 0.15) is 17.8 Å². The highest BCUT2D eigenvalue weighted by atomic mass is 16.6. The summed E-state index contributed by atoms with van der Waals surface area (Å²) in [7, 11) is 1.38. The molecule has 0 aromatic carbocycles. The number of aromatic amines is 1. The SMILES string of the molecule is CC[C@@]1(CO)O[C@@H](n2ccc(=O)[nH]c2=O)C(OC)[C@H]1O. The molecule has 4 atom stereocenters. The molecule has 1 aliphatic rings. The van der Waals surface area contributed by atoms with Crippen LogP contribution in [0.15, 0.2) is 21.9 Å². The van der Waals surface area contributed by atoms with E-state index in [1.54, 1.807) is 6.92 Å². The fraction of sp³-hybridized carbons (Fsp3) is 0.667. The topological polar surface area (TPSA) is 114 Å². The summed E-state index contributed by atoms with van der Waals surface area (Å²) >= 11 is 0. The van der Waals surface area contributed by atoms with Crippen molar-refractivity contribution in [2.75, 3.05) is 13.7 Å². The maximum absolute atomic E-state index is 11.8. The summed E-state index contributed by atoms with van der Waals surface area (Å²) in [5, 5.41) is 19.8. The maximum atomic E-state index is 11.8. The molecule has 8 nitrogen and oxygen atoms in total. The highest BCUT2D eigenvalue weighted by Gasteiger charge is 2.54. The zero-order valence-corrected chi connectivity index (χ0v) is 11.3. The van der Waals surface area contributed by atoms with Gasteiger partial charge in [-0.25, -0.2) is 4.79 Å². The lowest BCUT2D eigenvalue weighted by atomic mass is 9.93. The molecule has 0 saturated carbocycles. The zero-order valence-electron chi connectivity index (χ0n) is 11.3. The molecule has 1 unspecified atom stereocenters. The van der Waals surface area contributed by atoms with Gasteiger partial charge in [0, 0.05) is 19.4 Å². The minimum Gasteiger partial charge on any atom is -0.393 e. The van der Waals surface area contributed by atoms with Crippen LogP contribution in [0.3, 0.4) is 0 Å². The van der Waals surface area contributed by atoms with E-state index < -0.39 is 41.9 Å². The van der Waals surface area contributed by atoms with Crippen LogP contribution in [0.2, 0.25) is 0 Å². The van der Waals surface area contributed by atoms with Gasteiger partial charge in [0.05, 0.1) is 6.61 Å². The molecular formula is C12H18N2O6. The number of aromatic nitrogens is 2. The fourth-order valence-electron chi connectivity index (χ4n) is 2.46. The number of rotatable bonds is 4. The summed E-state index contributed by atoms with van der Waals surface area (Å²) in [5.74, 6) is 0. The molecular weight excluding hydrogens is 268 g/mol. The Bertz CT molecular complexity index is 576. The van der Waals surface area contributed by atoms with Gasteiger partial charge < -0.3 is 19.7 Å². The van der Waals surface area contributed by atoms with Crippen LogP contribution < -0.4 is 11.2 Å². The first kappa shape index (κ1) is 14.9. The molecule has 1 aliphatic heterocycles. The van der Waals surface area contributed by atoms with Crippen molar-refractivity contribution in [1.82, 2.24) is 9.55 Å². The number of ether oxygens (including phenoxy) is 2. The quantitative estimate of drug-likeness (QED) is 0.626. The Labute approximate surface area is 114 Å². The van der Waals surface area contributed by atoms with E-state index in [9.17, 15) is 19.8 Å². The van der Waals surface area contributed by atoms with Crippen LogP contribution in [-0.2, 0) is 9.47 Å². The van der Waals surface area contributed by atoms with E-state index in [-0.39, 0.29) is 0 Å². The molecule has 20 heavy (non-hydrogen) atoms. The van der Waals surface area contributed by atoms with Crippen LogP contribution in [0.4, 0.5) is 0 Å². The van der Waals surface area contributed by atoms with Crippen molar-refractivity contribution < 1.29 is 19.7 Å². The lowest BCUT2D eigenvalue weighted by Crippen LogP contribution is -2.46. The fourth-order valence-corrected chi connectivity index (χ4v) is 2.46. The lowest BCUT2D eigenvalue weighted by molar-refractivity contribution is -0.131. The Balaban J connectivity index is 2.46. The van der Waals surface area contributed by atoms with Gasteiger partial charge in [-0.05, 0) is 6.42 Å². The molecule has 2 rings (SSSR count). The van der Waals surface area contributed by atoms with Gasteiger partial charge in [0.2, 0.25) is 0 Å². The second-order valence-corrected chi connectivity index (χ2v) is 4.75. The van der Waals surface area contributed by atoms with Crippen molar-refractivity contribution in [2.24, 2.45) is 0 Å². The molecule has 1 aromatic heterocycles. The van der Waals surface area contributed by atoms with Crippen LogP contribution in [0.5, 0.6) is 0 Å². The maximum Gasteiger partial charge on any atom is 0.330 e. The molecule has 2 heterocycles. The molecule has 0 radical (unpaired) electrons. The summed E-state index contributed by atoms with van der Waals surface area (Å²) in [4.78, 5) is 25.0. The summed E-state index contributed by atoms with van der Waals surface area (Å²) in [6, 6.07) is 1.18. The van der Waals surface area contributed by atoms with Gasteiger partial charge in [-0.15, -0.1) is 0 Å². The number of H-pyrrole nitrogens is 1. The predicted octanol–water partition coefficient (Wildman–Crippen LogP) is -1.42. The average molecular weight is 286 g/mol. The van der Waals surface area contributed by atoms with Gasteiger partial charge in [-0.3, -0.25) is 14.3 Å². The monoisotopic (exact) mass is 286 g/mol. The molecule has 0 spiro atoms. The summed E-state index contributed by atoms with van der Waals surface area (Å²) in [5.41, 5.74) is -2.38. The van der Waals surface area contributed by atoms with Crippen molar-refractivity contribution in [3.05, 3.63) is 33.1 Å². The Morgan fingerprint density at radius 3 is 2.75 bits per heavy atom. The van der Waals surface area contributed by atoms with Crippen LogP contribution >= 0.6 is 0 Å². The first-order valence-electron chi connectivity index (χ1n) is 6.30. The van der Waals surface area contributed by atoms with Crippen LogP contribution in [-0.4, -0.2) is 51.3 Å². The number of nitrogens with zero attached hydrogens (tertiary/aromatic N) is 1. The van der Waals surface area contributed by atoms with Crippen LogP contribution in [0, 0.1) is 0 Å². The molecule has 1 aromatic rings. The third-order valence-corrected chi connectivity index (χ3v) is 3.75. The number of aliphatic hydroxyl groups excluding tert-OH is 2. The van der Waals surface area contributed by atoms with Crippen molar-refractivity contribution >= 4 is 0 Å². The van der Waals surface area contributed by atoms with Crippen molar-refractivity contribution in [3.8, 4) is 0 Å². The molecule has 0 aliphatic carbocycles. The van der Waals surface area contributed by atoms with E-state index in [2.05, 4.69) is 4.98 Å². The predicted molar refractivity (Wildman–Crippen MR) is 68.4 cm³/mol. The van der Waals surface area contributed by atoms with E-state index in [0.29, 0.717) is 6.42 Å². The highest BCUT2D eigenvalue weighted by molar-refractivity contribution is 5.02. The van der Waals surface area contributed by atoms with Gasteiger partial charge in [0.15, 0.2) is 6.23 Å². The van der Waals surface area contributed by atoms with Gasteiger partial charge in [-0.2, -0.15) is 0 Å². The van der Waals surface area contributed by atoms with Crippen molar-refractivity contribution in [3.63, 3.8) is 0 Å². The molecule has 1 fully saturated rings. The smallest absolute Gasteiger partial charge is 0.330 e. The Morgan fingerprint density at radius 2 is 2.25 bits per heavy atom. The van der Waals surface area contributed by atoms with Crippen LogP contribution in [0.1, 0.15) is 19.6 Å². The number of nitrogens with one attached hydrogen (secondary N) is 1. The molecule has 0 bridgehead atoms. The van der Waals surface area contributed by atoms with E-state index in [0.717, 1.165) is 4.57 Å². The average Bonchev–Trinajstić information content (AvgIpc) is 2.71. The summed E-state index contributed by atoms with van der Waals surface area (Å²) < 4.78 is 12.0. The lowest BCUT2D eigenvalue weighted by Gasteiger charge is -2.28. The Hall–Kier alpha value is -1.48.